The van der Waals surface area contributed by atoms with Gasteiger partial charge in [-0.05, 0) is 71.9 Å². The number of carbonyl (C=O) groups is 1. The van der Waals surface area contributed by atoms with E-state index in [0.717, 1.165) is 31.2 Å². The Labute approximate surface area is 167 Å². The van der Waals surface area contributed by atoms with Crippen molar-refractivity contribution in [3.63, 3.8) is 0 Å². The topological polar surface area (TPSA) is 84.1 Å². The fourth-order valence-electron chi connectivity index (χ4n) is 3.80. The number of piperidine rings is 1. The summed E-state index contributed by atoms with van der Waals surface area (Å²) in [5, 5.41) is 21.3. The molecule has 1 aliphatic heterocycles. The minimum absolute atomic E-state index is 0.0866. The van der Waals surface area contributed by atoms with Crippen molar-refractivity contribution in [2.75, 3.05) is 13.1 Å². The number of rotatable bonds is 5. The number of carbonyl (C=O) groups excluding carboxylic acids is 1. The first-order chi connectivity index (χ1) is 14.1. The molecule has 2 aromatic carbocycles. The minimum Gasteiger partial charge on any atom is -0.507 e. The molecule has 4 rings (SSSR count). The van der Waals surface area contributed by atoms with E-state index in [1.54, 1.807) is 12.1 Å². The average Bonchev–Trinajstić information content (AvgIpc) is 3.28. The van der Waals surface area contributed by atoms with Crippen LogP contribution in [0.1, 0.15) is 35.2 Å². The number of aromatic hydroxyl groups is 1. The van der Waals surface area contributed by atoms with E-state index >= 15 is 0 Å². The molecule has 29 heavy (non-hydrogen) atoms. The quantitative estimate of drug-likeness (QED) is 0.718. The second kappa shape index (κ2) is 8.38. The van der Waals surface area contributed by atoms with Crippen LogP contribution in [-0.2, 0) is 6.42 Å². The molecule has 1 saturated heterocycles. The number of aryl methyl sites for hydroxylation is 1. The van der Waals surface area contributed by atoms with Crippen LogP contribution in [0.3, 0.4) is 0 Å². The second-order valence-corrected chi connectivity index (χ2v) is 7.38. The molecule has 1 N–H and O–H groups in total. The Morgan fingerprint density at radius 3 is 2.76 bits per heavy atom. The number of halogens is 1. The van der Waals surface area contributed by atoms with Gasteiger partial charge in [0.15, 0.2) is 0 Å². The van der Waals surface area contributed by atoms with Gasteiger partial charge in [-0.3, -0.25) is 4.79 Å². The van der Waals surface area contributed by atoms with E-state index in [1.807, 2.05) is 17.0 Å². The number of amides is 1. The molecule has 1 amide bonds. The van der Waals surface area contributed by atoms with E-state index in [9.17, 15) is 14.3 Å². The van der Waals surface area contributed by atoms with Crippen LogP contribution in [0, 0.1) is 11.7 Å². The molecule has 150 valence electrons. The Balaban J connectivity index is 1.40. The van der Waals surface area contributed by atoms with Gasteiger partial charge in [-0.25, -0.2) is 9.07 Å². The summed E-state index contributed by atoms with van der Waals surface area (Å²) < 4.78 is 14.5. The zero-order chi connectivity index (χ0) is 20.2. The van der Waals surface area contributed by atoms with Gasteiger partial charge in [0, 0.05) is 19.2 Å². The molecule has 1 atom stereocenters. The SMILES string of the molecule is O=C(c1ccc(-n2cnnn2)cc1O)N1CCCC(CCc2ccc(F)cc2)C1. The number of nitrogens with zero attached hydrogens (tertiary/aromatic N) is 5. The predicted molar refractivity (Wildman–Crippen MR) is 104 cm³/mol. The lowest BCUT2D eigenvalue weighted by Crippen LogP contribution is -2.40. The van der Waals surface area contributed by atoms with Crippen molar-refractivity contribution >= 4 is 5.91 Å². The Hall–Kier alpha value is -3.29. The van der Waals surface area contributed by atoms with Crippen LogP contribution in [0.15, 0.2) is 48.8 Å². The van der Waals surface area contributed by atoms with Crippen molar-refractivity contribution in [1.82, 2.24) is 25.1 Å². The van der Waals surface area contributed by atoms with Crippen LogP contribution in [0.25, 0.3) is 5.69 Å². The summed E-state index contributed by atoms with van der Waals surface area (Å²) in [7, 11) is 0. The van der Waals surface area contributed by atoms with Crippen LogP contribution in [-0.4, -0.2) is 49.2 Å². The highest BCUT2D eigenvalue weighted by atomic mass is 19.1. The molecule has 2 heterocycles. The van der Waals surface area contributed by atoms with Crippen LogP contribution < -0.4 is 0 Å². The van der Waals surface area contributed by atoms with Gasteiger partial charge in [0.1, 0.15) is 17.9 Å². The number of hydrogen-bond acceptors (Lipinski definition) is 5. The van der Waals surface area contributed by atoms with Crippen LogP contribution in [0.5, 0.6) is 5.75 Å². The molecular formula is C21H22FN5O2. The standard InChI is InChI=1S/C21H22FN5O2/c22-17-7-5-15(6-8-17)3-4-16-2-1-11-26(13-16)21(29)19-10-9-18(12-20(19)28)27-14-23-24-25-27/h5-10,12,14,16,28H,1-4,11,13H2. The van der Waals surface area contributed by atoms with Gasteiger partial charge >= 0.3 is 0 Å². The number of tetrazole rings is 1. The molecular weight excluding hydrogens is 373 g/mol. The molecule has 0 spiro atoms. The van der Waals surface area contributed by atoms with Gasteiger partial charge in [0.2, 0.25) is 0 Å². The fraction of sp³-hybridized carbons (Fsp3) is 0.333. The monoisotopic (exact) mass is 395 g/mol. The van der Waals surface area contributed by atoms with Crippen LogP contribution in [0.4, 0.5) is 4.39 Å². The summed E-state index contributed by atoms with van der Waals surface area (Å²) in [6, 6.07) is 11.4. The van der Waals surface area contributed by atoms with Gasteiger partial charge in [-0.2, -0.15) is 0 Å². The smallest absolute Gasteiger partial charge is 0.257 e. The highest BCUT2D eigenvalue weighted by Crippen LogP contribution is 2.27. The number of phenols is 1. The zero-order valence-electron chi connectivity index (χ0n) is 15.9. The second-order valence-electron chi connectivity index (χ2n) is 7.38. The van der Waals surface area contributed by atoms with E-state index in [-0.39, 0.29) is 23.0 Å². The molecule has 0 aliphatic carbocycles. The van der Waals surface area contributed by atoms with Gasteiger partial charge in [-0.15, -0.1) is 5.10 Å². The summed E-state index contributed by atoms with van der Waals surface area (Å²) >= 11 is 0. The number of phenolic OH excluding ortho intramolecular Hbond substituents is 1. The first-order valence-corrected chi connectivity index (χ1v) is 9.70. The highest BCUT2D eigenvalue weighted by molar-refractivity contribution is 5.97. The molecule has 0 radical (unpaired) electrons. The molecule has 1 fully saturated rings. The summed E-state index contributed by atoms with van der Waals surface area (Å²) in [4.78, 5) is 14.8. The lowest BCUT2D eigenvalue weighted by molar-refractivity contribution is 0.0665. The largest absolute Gasteiger partial charge is 0.507 e. The Kier molecular flexibility index (Phi) is 5.50. The van der Waals surface area contributed by atoms with Crippen molar-refractivity contribution < 1.29 is 14.3 Å². The maximum Gasteiger partial charge on any atom is 0.257 e. The third-order valence-electron chi connectivity index (χ3n) is 5.39. The number of aromatic nitrogens is 4. The lowest BCUT2D eigenvalue weighted by Gasteiger charge is -2.33. The number of hydrogen-bond donors (Lipinski definition) is 1. The van der Waals surface area contributed by atoms with Gasteiger partial charge < -0.3 is 10.0 Å². The molecule has 1 aromatic heterocycles. The number of benzene rings is 2. The van der Waals surface area contributed by atoms with Gasteiger partial charge in [-0.1, -0.05) is 12.1 Å². The van der Waals surface area contributed by atoms with E-state index in [4.69, 9.17) is 0 Å². The average molecular weight is 395 g/mol. The normalized spacial score (nSPS) is 16.7. The fourth-order valence-corrected chi connectivity index (χ4v) is 3.80. The van der Waals surface area contributed by atoms with Crippen molar-refractivity contribution in [3.8, 4) is 11.4 Å². The maximum absolute atomic E-state index is 13.0. The van der Waals surface area contributed by atoms with Crippen molar-refractivity contribution in [3.05, 3.63) is 65.7 Å². The maximum atomic E-state index is 13.0. The Morgan fingerprint density at radius 1 is 1.21 bits per heavy atom. The third kappa shape index (κ3) is 4.42. The van der Waals surface area contributed by atoms with E-state index in [2.05, 4.69) is 15.5 Å². The first-order valence-electron chi connectivity index (χ1n) is 9.70. The summed E-state index contributed by atoms with van der Waals surface area (Å²) in [5.74, 6) is -0.0943. The predicted octanol–water partition coefficient (Wildman–Crippen LogP) is 2.99. The summed E-state index contributed by atoms with van der Waals surface area (Å²) in [6.07, 6.45) is 5.23. The summed E-state index contributed by atoms with van der Waals surface area (Å²) in [5.41, 5.74) is 1.96. The van der Waals surface area contributed by atoms with Crippen LogP contribution >= 0.6 is 0 Å². The van der Waals surface area contributed by atoms with E-state index < -0.39 is 0 Å². The zero-order valence-corrected chi connectivity index (χ0v) is 15.9. The van der Waals surface area contributed by atoms with Gasteiger partial charge in [0.05, 0.1) is 11.3 Å². The Morgan fingerprint density at radius 2 is 2.03 bits per heavy atom. The molecule has 0 saturated carbocycles. The van der Waals surface area contributed by atoms with E-state index in [1.165, 1.54) is 29.2 Å². The molecule has 3 aromatic rings. The van der Waals surface area contributed by atoms with Crippen molar-refractivity contribution in [1.29, 1.82) is 0 Å². The van der Waals surface area contributed by atoms with E-state index in [0.29, 0.717) is 24.7 Å². The lowest BCUT2D eigenvalue weighted by atomic mass is 9.91. The number of likely N-dealkylation sites (tertiary alicyclic amines) is 1. The van der Waals surface area contributed by atoms with Crippen molar-refractivity contribution in [2.45, 2.75) is 25.7 Å². The van der Waals surface area contributed by atoms with Crippen molar-refractivity contribution in [2.24, 2.45) is 5.92 Å². The molecule has 7 nitrogen and oxygen atoms in total. The minimum atomic E-state index is -0.228. The third-order valence-corrected chi connectivity index (χ3v) is 5.39. The highest BCUT2D eigenvalue weighted by Gasteiger charge is 2.26. The Bertz CT molecular complexity index is 975. The van der Waals surface area contributed by atoms with Gasteiger partial charge in [0.25, 0.3) is 5.91 Å². The van der Waals surface area contributed by atoms with Crippen LogP contribution in [0.2, 0.25) is 0 Å². The molecule has 1 unspecified atom stereocenters. The molecule has 8 heteroatoms. The molecule has 0 bridgehead atoms. The first kappa shape index (κ1) is 19.0. The molecule has 1 aliphatic rings. The summed E-state index contributed by atoms with van der Waals surface area (Å²) in [6.45, 7) is 1.34.